The molecule has 1 unspecified atom stereocenters. The quantitative estimate of drug-likeness (QED) is 0.750. The summed E-state index contributed by atoms with van der Waals surface area (Å²) in [5, 5.41) is 0. The van der Waals surface area contributed by atoms with Crippen LogP contribution in [-0.2, 0) is 22.6 Å². The fourth-order valence-corrected chi connectivity index (χ4v) is 2.55. The third-order valence-electron chi connectivity index (χ3n) is 3.68. The van der Waals surface area contributed by atoms with Gasteiger partial charge in [-0.3, -0.25) is 4.79 Å². The third kappa shape index (κ3) is 5.30. The van der Waals surface area contributed by atoms with E-state index in [0.717, 1.165) is 24.8 Å². The normalized spacial score (nSPS) is 19.4. The van der Waals surface area contributed by atoms with E-state index in [2.05, 4.69) is 24.3 Å². The molecule has 0 heterocycles. The Labute approximate surface area is 121 Å². The van der Waals surface area contributed by atoms with Crippen molar-refractivity contribution in [2.24, 2.45) is 0 Å². The first-order valence-electron chi connectivity index (χ1n) is 7.58. The van der Waals surface area contributed by atoms with Crippen molar-refractivity contribution in [1.29, 1.82) is 0 Å². The summed E-state index contributed by atoms with van der Waals surface area (Å²) in [6, 6.07) is 8.20. The van der Waals surface area contributed by atoms with Crippen LogP contribution in [0.5, 0.6) is 0 Å². The largest absolute Gasteiger partial charge is 0.374 e. The molecular formula is C18H24O2. The number of Topliss-reactive ketones (excluding diaryl/α,β-unsaturated/α-hetero) is 1. The van der Waals surface area contributed by atoms with Crippen molar-refractivity contribution in [2.45, 2.75) is 58.2 Å². The lowest BCUT2D eigenvalue weighted by Gasteiger charge is -2.18. The molecule has 0 aromatic heterocycles. The van der Waals surface area contributed by atoms with Gasteiger partial charge in [-0.2, -0.15) is 0 Å². The van der Waals surface area contributed by atoms with Gasteiger partial charge in [-0.15, -0.1) is 0 Å². The topological polar surface area (TPSA) is 26.3 Å². The average molecular weight is 272 g/mol. The Kier molecular flexibility index (Phi) is 6.00. The number of ketones is 1. The Balaban J connectivity index is 1.80. The second-order valence-corrected chi connectivity index (χ2v) is 5.61. The molecule has 0 spiro atoms. The molecule has 1 aliphatic carbocycles. The maximum Gasteiger partial charge on any atom is 0.134 e. The van der Waals surface area contributed by atoms with Crippen LogP contribution in [0.3, 0.4) is 0 Å². The van der Waals surface area contributed by atoms with Crippen LogP contribution in [0.15, 0.2) is 36.4 Å². The minimum absolute atomic E-state index is 0.205. The van der Waals surface area contributed by atoms with E-state index in [1.165, 1.54) is 18.4 Å². The average Bonchev–Trinajstić information content (AvgIpc) is 2.38. The van der Waals surface area contributed by atoms with Gasteiger partial charge in [0.2, 0.25) is 0 Å². The second-order valence-electron chi connectivity index (χ2n) is 5.61. The van der Waals surface area contributed by atoms with Gasteiger partial charge >= 0.3 is 0 Å². The molecule has 1 aromatic rings. The van der Waals surface area contributed by atoms with Crippen molar-refractivity contribution in [1.82, 2.24) is 0 Å². The Morgan fingerprint density at radius 3 is 2.55 bits per heavy atom. The van der Waals surface area contributed by atoms with Gasteiger partial charge in [-0.25, -0.2) is 0 Å². The molecule has 0 amide bonds. The predicted octanol–water partition coefficient (Wildman–Crippen LogP) is 4.22. The van der Waals surface area contributed by atoms with E-state index < -0.39 is 0 Å². The van der Waals surface area contributed by atoms with E-state index in [0.29, 0.717) is 19.1 Å². The molecule has 0 saturated heterocycles. The van der Waals surface area contributed by atoms with E-state index in [-0.39, 0.29) is 5.78 Å². The van der Waals surface area contributed by atoms with Gasteiger partial charge in [-0.05, 0) is 50.2 Å². The minimum Gasteiger partial charge on any atom is -0.374 e. The summed E-state index contributed by atoms with van der Waals surface area (Å²) < 4.78 is 6.02. The second kappa shape index (κ2) is 8.01. The molecule has 2 rings (SSSR count). The highest BCUT2D eigenvalue weighted by atomic mass is 16.5. The third-order valence-corrected chi connectivity index (χ3v) is 3.68. The molecular weight excluding hydrogens is 248 g/mol. The molecule has 1 atom stereocenters. The molecule has 108 valence electrons. The Bertz CT molecular complexity index is 445. The first-order chi connectivity index (χ1) is 9.74. The minimum atomic E-state index is 0.205. The van der Waals surface area contributed by atoms with Gasteiger partial charge < -0.3 is 4.74 Å². The van der Waals surface area contributed by atoms with Gasteiger partial charge in [0.15, 0.2) is 0 Å². The standard InChI is InChI=1S/C18H24O2/c1-15(19)13-16-9-11-17(12-10-16)14-20-18-7-5-3-2-4-6-8-18/h2-3,9-12,18H,4-8,13-14H2,1H3. The summed E-state index contributed by atoms with van der Waals surface area (Å²) >= 11 is 0. The summed E-state index contributed by atoms with van der Waals surface area (Å²) in [7, 11) is 0. The van der Waals surface area contributed by atoms with E-state index in [1.807, 2.05) is 12.1 Å². The lowest BCUT2D eigenvalue weighted by atomic mass is 10.0. The Morgan fingerprint density at radius 1 is 1.10 bits per heavy atom. The lowest BCUT2D eigenvalue weighted by Crippen LogP contribution is -2.13. The first kappa shape index (κ1) is 15.0. The number of allylic oxidation sites excluding steroid dienone is 2. The lowest BCUT2D eigenvalue weighted by molar-refractivity contribution is -0.116. The molecule has 0 fully saturated rings. The molecule has 2 heteroatoms. The zero-order valence-corrected chi connectivity index (χ0v) is 12.3. The number of benzene rings is 1. The first-order valence-corrected chi connectivity index (χ1v) is 7.58. The molecule has 0 radical (unpaired) electrons. The van der Waals surface area contributed by atoms with Crippen LogP contribution in [0.25, 0.3) is 0 Å². The maximum absolute atomic E-state index is 11.1. The highest BCUT2D eigenvalue weighted by molar-refractivity contribution is 5.78. The number of carbonyl (C=O) groups excluding carboxylic acids is 1. The predicted molar refractivity (Wildman–Crippen MR) is 81.6 cm³/mol. The summed E-state index contributed by atoms with van der Waals surface area (Å²) in [6.07, 6.45) is 11.3. The van der Waals surface area contributed by atoms with Crippen molar-refractivity contribution < 1.29 is 9.53 Å². The summed E-state index contributed by atoms with van der Waals surface area (Å²) in [5.41, 5.74) is 2.27. The van der Waals surface area contributed by atoms with Crippen LogP contribution in [0, 0.1) is 0 Å². The van der Waals surface area contributed by atoms with Crippen molar-refractivity contribution in [2.75, 3.05) is 0 Å². The van der Waals surface area contributed by atoms with Crippen molar-refractivity contribution in [3.05, 3.63) is 47.5 Å². The smallest absolute Gasteiger partial charge is 0.134 e. The van der Waals surface area contributed by atoms with Gasteiger partial charge in [0, 0.05) is 6.42 Å². The van der Waals surface area contributed by atoms with Crippen LogP contribution in [0.1, 0.15) is 50.2 Å². The Morgan fingerprint density at radius 2 is 1.80 bits per heavy atom. The zero-order valence-electron chi connectivity index (χ0n) is 12.3. The molecule has 1 aromatic carbocycles. The number of hydrogen-bond acceptors (Lipinski definition) is 2. The van der Waals surface area contributed by atoms with Crippen LogP contribution < -0.4 is 0 Å². The van der Waals surface area contributed by atoms with E-state index in [4.69, 9.17) is 4.74 Å². The van der Waals surface area contributed by atoms with Crippen LogP contribution in [-0.4, -0.2) is 11.9 Å². The highest BCUT2D eigenvalue weighted by Gasteiger charge is 2.09. The molecule has 0 saturated carbocycles. The van der Waals surface area contributed by atoms with Crippen molar-refractivity contribution >= 4 is 5.78 Å². The van der Waals surface area contributed by atoms with Crippen LogP contribution >= 0.6 is 0 Å². The van der Waals surface area contributed by atoms with Crippen molar-refractivity contribution in [3.63, 3.8) is 0 Å². The number of rotatable bonds is 5. The summed E-state index contributed by atoms with van der Waals surface area (Å²) in [4.78, 5) is 11.1. The number of ether oxygens (including phenoxy) is 1. The number of hydrogen-bond donors (Lipinski definition) is 0. The van der Waals surface area contributed by atoms with Gasteiger partial charge in [-0.1, -0.05) is 36.4 Å². The zero-order chi connectivity index (χ0) is 14.2. The van der Waals surface area contributed by atoms with E-state index >= 15 is 0 Å². The SMILES string of the molecule is CC(=O)Cc1ccc(COC2CCC=CCCC2)cc1. The molecule has 0 bridgehead atoms. The molecule has 1 aliphatic rings. The van der Waals surface area contributed by atoms with Gasteiger partial charge in [0.1, 0.15) is 5.78 Å². The maximum atomic E-state index is 11.1. The van der Waals surface area contributed by atoms with Crippen LogP contribution in [0.2, 0.25) is 0 Å². The summed E-state index contributed by atoms with van der Waals surface area (Å²) in [6.45, 7) is 2.30. The van der Waals surface area contributed by atoms with E-state index in [9.17, 15) is 4.79 Å². The Hall–Kier alpha value is -1.41. The molecule has 2 nitrogen and oxygen atoms in total. The fourth-order valence-electron chi connectivity index (χ4n) is 2.55. The van der Waals surface area contributed by atoms with Gasteiger partial charge in [0.05, 0.1) is 12.7 Å². The van der Waals surface area contributed by atoms with E-state index in [1.54, 1.807) is 6.92 Å². The number of carbonyl (C=O) groups is 1. The van der Waals surface area contributed by atoms with Crippen molar-refractivity contribution in [3.8, 4) is 0 Å². The van der Waals surface area contributed by atoms with Crippen LogP contribution in [0.4, 0.5) is 0 Å². The highest BCUT2D eigenvalue weighted by Crippen LogP contribution is 2.17. The summed E-state index contributed by atoms with van der Waals surface area (Å²) in [5.74, 6) is 0.205. The molecule has 20 heavy (non-hydrogen) atoms. The molecule has 0 aliphatic heterocycles. The van der Waals surface area contributed by atoms with Gasteiger partial charge in [0.25, 0.3) is 0 Å². The monoisotopic (exact) mass is 272 g/mol. The molecule has 0 N–H and O–H groups in total. The fraction of sp³-hybridized carbons (Fsp3) is 0.500.